The lowest BCUT2D eigenvalue weighted by Gasteiger charge is -2.31. The summed E-state index contributed by atoms with van der Waals surface area (Å²) in [5, 5.41) is 7.12. The summed E-state index contributed by atoms with van der Waals surface area (Å²) in [5.41, 5.74) is 4.73. The van der Waals surface area contributed by atoms with Gasteiger partial charge < -0.3 is 9.67 Å². The van der Waals surface area contributed by atoms with Gasteiger partial charge in [-0.15, -0.1) is 0 Å². The Morgan fingerprint density at radius 1 is 1.25 bits per heavy atom. The van der Waals surface area contributed by atoms with Crippen LogP contribution in [0.1, 0.15) is 51.3 Å². The number of pyridine rings is 2. The molecule has 0 amide bonds. The standard InChI is InChI=1S/C21H27N5O2S.C2HF3O2/c1-4-29(27,28)25-10-7-16(8-11-25)18-12-19-21(23-14-26(19)15(2)3)20(24-18)17-6-5-9-22-13-17;3-2(4,5)1(6)7/h5-6,9,12-16H,4,7-8,10-11H2,1-3H3;(H,6,7). The van der Waals surface area contributed by atoms with Crippen molar-refractivity contribution >= 4 is 27.0 Å². The molecule has 36 heavy (non-hydrogen) atoms. The van der Waals surface area contributed by atoms with Crippen LogP contribution >= 0.6 is 0 Å². The topological polar surface area (TPSA) is 118 Å². The van der Waals surface area contributed by atoms with E-state index in [1.807, 2.05) is 24.7 Å². The van der Waals surface area contributed by atoms with Gasteiger partial charge in [-0.05, 0) is 51.8 Å². The average molecular weight is 528 g/mol. The zero-order valence-electron chi connectivity index (χ0n) is 20.1. The van der Waals surface area contributed by atoms with E-state index in [1.54, 1.807) is 17.4 Å². The van der Waals surface area contributed by atoms with Gasteiger partial charge in [0, 0.05) is 48.7 Å². The first-order valence-corrected chi connectivity index (χ1v) is 13.0. The molecule has 3 aromatic rings. The fourth-order valence-corrected chi connectivity index (χ4v) is 5.12. The van der Waals surface area contributed by atoms with Gasteiger partial charge in [0.25, 0.3) is 0 Å². The lowest BCUT2D eigenvalue weighted by Crippen LogP contribution is -2.38. The van der Waals surface area contributed by atoms with E-state index in [0.717, 1.165) is 40.8 Å². The molecule has 4 heterocycles. The third kappa shape index (κ3) is 6.19. The van der Waals surface area contributed by atoms with Crippen molar-refractivity contribution in [3.63, 3.8) is 0 Å². The summed E-state index contributed by atoms with van der Waals surface area (Å²) in [7, 11) is -3.13. The van der Waals surface area contributed by atoms with Crippen molar-refractivity contribution in [3.8, 4) is 11.3 Å². The van der Waals surface area contributed by atoms with Crippen molar-refractivity contribution in [2.45, 2.75) is 51.7 Å². The molecule has 4 rings (SSSR count). The van der Waals surface area contributed by atoms with Crippen LogP contribution in [0, 0.1) is 0 Å². The lowest BCUT2D eigenvalue weighted by atomic mass is 9.93. The van der Waals surface area contributed by atoms with Crippen LogP contribution in [-0.2, 0) is 14.8 Å². The molecular formula is C23H28F3N5O4S. The number of carboxylic acid groups (broad SMARTS) is 1. The Labute approximate surface area is 207 Å². The minimum Gasteiger partial charge on any atom is -0.475 e. The number of halogens is 3. The maximum absolute atomic E-state index is 12.2. The highest BCUT2D eigenvalue weighted by molar-refractivity contribution is 7.89. The summed E-state index contributed by atoms with van der Waals surface area (Å²) >= 11 is 0. The van der Waals surface area contributed by atoms with Crippen LogP contribution in [0.5, 0.6) is 0 Å². The van der Waals surface area contributed by atoms with Crippen molar-refractivity contribution in [2.75, 3.05) is 18.8 Å². The molecule has 0 aromatic carbocycles. The van der Waals surface area contributed by atoms with Crippen molar-refractivity contribution < 1.29 is 31.5 Å². The molecule has 0 radical (unpaired) electrons. The van der Waals surface area contributed by atoms with E-state index >= 15 is 0 Å². The van der Waals surface area contributed by atoms with Crippen molar-refractivity contribution in [2.24, 2.45) is 0 Å². The molecule has 0 spiro atoms. The quantitative estimate of drug-likeness (QED) is 0.527. The largest absolute Gasteiger partial charge is 0.490 e. The number of aromatic nitrogens is 4. The molecule has 0 atom stereocenters. The second-order valence-electron chi connectivity index (χ2n) is 8.63. The summed E-state index contributed by atoms with van der Waals surface area (Å²) in [6.45, 7) is 7.07. The Hall–Kier alpha value is -3.06. The van der Waals surface area contributed by atoms with E-state index in [9.17, 15) is 21.6 Å². The molecule has 0 unspecified atom stereocenters. The summed E-state index contributed by atoms with van der Waals surface area (Å²) < 4.78 is 59.9. The first-order valence-electron chi connectivity index (χ1n) is 11.4. The third-order valence-electron chi connectivity index (χ3n) is 5.95. The third-order valence-corrected chi connectivity index (χ3v) is 7.83. The molecule has 1 saturated heterocycles. The fourth-order valence-electron chi connectivity index (χ4n) is 3.99. The minimum atomic E-state index is -5.08. The molecule has 0 saturated carbocycles. The number of sulfonamides is 1. The Morgan fingerprint density at radius 3 is 2.39 bits per heavy atom. The number of hydrogen-bond donors (Lipinski definition) is 1. The SMILES string of the molecule is CCS(=O)(=O)N1CCC(c2cc3c(ncn3C(C)C)c(-c3cccnc3)n2)CC1.O=C(O)C(F)(F)F. The van der Waals surface area contributed by atoms with E-state index in [4.69, 9.17) is 14.9 Å². The Kier molecular flexibility index (Phi) is 8.34. The zero-order chi connectivity index (χ0) is 26.7. The van der Waals surface area contributed by atoms with Gasteiger partial charge >= 0.3 is 12.1 Å². The number of fused-ring (bicyclic) bond motifs is 1. The molecule has 1 aliphatic heterocycles. The maximum atomic E-state index is 12.2. The van der Waals surface area contributed by atoms with E-state index in [2.05, 4.69) is 34.4 Å². The minimum absolute atomic E-state index is 0.153. The molecule has 1 N–H and O–H groups in total. The molecule has 0 aliphatic carbocycles. The van der Waals surface area contributed by atoms with E-state index in [0.29, 0.717) is 13.1 Å². The second-order valence-corrected chi connectivity index (χ2v) is 10.9. The van der Waals surface area contributed by atoms with Crippen LogP contribution in [0.15, 0.2) is 36.9 Å². The van der Waals surface area contributed by atoms with Gasteiger partial charge in [-0.25, -0.2) is 22.5 Å². The van der Waals surface area contributed by atoms with Crippen molar-refractivity contribution in [1.29, 1.82) is 0 Å². The van der Waals surface area contributed by atoms with E-state index in [1.165, 1.54) is 0 Å². The summed E-state index contributed by atoms with van der Waals surface area (Å²) in [5.74, 6) is -2.37. The van der Waals surface area contributed by atoms with E-state index < -0.39 is 22.2 Å². The Balaban J connectivity index is 0.000000454. The fraction of sp³-hybridized carbons (Fsp3) is 0.478. The molecule has 196 valence electrons. The predicted molar refractivity (Wildman–Crippen MR) is 128 cm³/mol. The highest BCUT2D eigenvalue weighted by Gasteiger charge is 2.38. The number of aliphatic carboxylic acids is 1. The van der Waals surface area contributed by atoms with Gasteiger partial charge in [0.2, 0.25) is 10.0 Å². The smallest absolute Gasteiger partial charge is 0.475 e. The number of piperidine rings is 1. The Morgan fingerprint density at radius 2 is 1.89 bits per heavy atom. The van der Waals surface area contributed by atoms with Crippen molar-refractivity contribution in [1.82, 2.24) is 23.8 Å². The van der Waals surface area contributed by atoms with Gasteiger partial charge in [-0.1, -0.05) is 0 Å². The van der Waals surface area contributed by atoms with Crippen LogP contribution in [0.25, 0.3) is 22.3 Å². The van der Waals surface area contributed by atoms with E-state index in [-0.39, 0.29) is 17.7 Å². The number of carboxylic acids is 1. The average Bonchev–Trinajstić information content (AvgIpc) is 3.28. The molecule has 3 aromatic heterocycles. The van der Waals surface area contributed by atoms with Crippen LogP contribution in [0.2, 0.25) is 0 Å². The number of rotatable bonds is 5. The highest BCUT2D eigenvalue weighted by Crippen LogP contribution is 2.34. The van der Waals surface area contributed by atoms with Crippen LogP contribution in [-0.4, -0.2) is 68.3 Å². The molecule has 9 nitrogen and oxygen atoms in total. The number of hydrogen-bond acceptors (Lipinski definition) is 6. The predicted octanol–water partition coefficient (Wildman–Crippen LogP) is 4.24. The second kappa shape index (κ2) is 10.9. The summed E-state index contributed by atoms with van der Waals surface area (Å²) in [6, 6.07) is 6.33. The molecule has 1 aliphatic rings. The zero-order valence-corrected chi connectivity index (χ0v) is 20.9. The maximum Gasteiger partial charge on any atom is 0.490 e. The summed E-state index contributed by atoms with van der Waals surface area (Å²) in [6.07, 6.45) is 1.91. The summed E-state index contributed by atoms with van der Waals surface area (Å²) in [4.78, 5) is 22.8. The van der Waals surface area contributed by atoms with Gasteiger partial charge in [-0.2, -0.15) is 13.2 Å². The first kappa shape index (κ1) is 27.5. The highest BCUT2D eigenvalue weighted by atomic mass is 32.2. The monoisotopic (exact) mass is 527 g/mol. The van der Waals surface area contributed by atoms with Crippen LogP contribution in [0.4, 0.5) is 13.2 Å². The lowest BCUT2D eigenvalue weighted by molar-refractivity contribution is -0.192. The van der Waals surface area contributed by atoms with Gasteiger partial charge in [0.05, 0.1) is 23.3 Å². The number of nitrogens with zero attached hydrogens (tertiary/aromatic N) is 5. The van der Waals surface area contributed by atoms with Crippen LogP contribution in [0.3, 0.4) is 0 Å². The number of imidazole rings is 1. The van der Waals surface area contributed by atoms with Crippen LogP contribution < -0.4 is 0 Å². The van der Waals surface area contributed by atoms with Crippen molar-refractivity contribution in [3.05, 3.63) is 42.6 Å². The van der Waals surface area contributed by atoms with Gasteiger partial charge in [0.15, 0.2) is 0 Å². The molecule has 0 bridgehead atoms. The van der Waals surface area contributed by atoms with Gasteiger partial charge in [0.1, 0.15) is 5.52 Å². The first-order chi connectivity index (χ1) is 16.8. The number of alkyl halides is 3. The molecular weight excluding hydrogens is 499 g/mol. The normalized spacial score (nSPS) is 15.6. The Bertz CT molecular complexity index is 1300. The van der Waals surface area contributed by atoms with Gasteiger partial charge in [-0.3, -0.25) is 9.97 Å². The number of carbonyl (C=O) groups is 1. The molecule has 13 heteroatoms. The molecule has 1 fully saturated rings.